The summed E-state index contributed by atoms with van der Waals surface area (Å²) in [5.41, 5.74) is 3.29. The molecule has 0 aromatic heterocycles. The summed E-state index contributed by atoms with van der Waals surface area (Å²) in [6.07, 6.45) is 0. The Morgan fingerprint density at radius 1 is 0.906 bits per heavy atom. The maximum absolute atomic E-state index is 13.1. The predicted octanol–water partition coefficient (Wildman–Crippen LogP) is 4.22. The average Bonchev–Trinajstić information content (AvgIpc) is 2.82. The molecule has 1 saturated heterocycles. The molecule has 1 aliphatic rings. The summed E-state index contributed by atoms with van der Waals surface area (Å²) < 4.78 is 34.4. The molecule has 1 N–H and O–H groups in total. The molecule has 0 spiro atoms. The molecule has 1 heterocycles. The molecule has 0 saturated carbocycles. The van der Waals surface area contributed by atoms with E-state index in [-0.39, 0.29) is 10.9 Å². The number of nitrogens with zero attached hydrogens (tertiary/aromatic N) is 1. The van der Waals surface area contributed by atoms with Crippen molar-refractivity contribution in [2.75, 3.05) is 31.0 Å². The number of morpholine rings is 1. The zero-order chi connectivity index (χ0) is 22.4. The van der Waals surface area contributed by atoms with Crippen LogP contribution in [0, 0.1) is 18.8 Å². The summed E-state index contributed by atoms with van der Waals surface area (Å²) in [5.74, 6) is 6.64. The monoisotopic (exact) mass is 446 g/mol. The first-order valence-electron chi connectivity index (χ1n) is 10.6. The van der Waals surface area contributed by atoms with E-state index in [1.165, 1.54) is 0 Å². The summed E-state index contributed by atoms with van der Waals surface area (Å²) in [6, 6.07) is 23.8. The van der Waals surface area contributed by atoms with Gasteiger partial charge >= 0.3 is 0 Å². The first-order valence-corrected chi connectivity index (χ1v) is 12.1. The summed E-state index contributed by atoms with van der Waals surface area (Å²) in [4.78, 5) is 2.47. The maximum atomic E-state index is 13.1. The van der Waals surface area contributed by atoms with Crippen LogP contribution in [0.2, 0.25) is 0 Å². The highest BCUT2D eigenvalue weighted by atomic mass is 32.2. The van der Waals surface area contributed by atoms with Gasteiger partial charge in [-0.2, -0.15) is 0 Å². The lowest BCUT2D eigenvalue weighted by Crippen LogP contribution is -2.39. The Balaban J connectivity index is 1.70. The minimum atomic E-state index is -3.73. The van der Waals surface area contributed by atoms with Crippen molar-refractivity contribution in [2.45, 2.75) is 17.9 Å². The van der Waals surface area contributed by atoms with Crippen LogP contribution in [0.3, 0.4) is 0 Å². The number of ether oxygens (including phenoxy) is 1. The number of hydrogen-bond donors (Lipinski definition) is 1. The second kappa shape index (κ2) is 10.0. The topological polar surface area (TPSA) is 58.6 Å². The minimum Gasteiger partial charge on any atom is -0.379 e. The number of benzene rings is 3. The van der Waals surface area contributed by atoms with E-state index in [9.17, 15) is 8.42 Å². The lowest BCUT2D eigenvalue weighted by atomic mass is 10.0. The Labute approximate surface area is 190 Å². The van der Waals surface area contributed by atoms with Crippen molar-refractivity contribution in [3.05, 3.63) is 95.6 Å². The Morgan fingerprint density at radius 3 is 2.28 bits per heavy atom. The zero-order valence-electron chi connectivity index (χ0n) is 18.0. The van der Waals surface area contributed by atoms with Gasteiger partial charge in [0.25, 0.3) is 10.0 Å². The zero-order valence-corrected chi connectivity index (χ0v) is 18.8. The van der Waals surface area contributed by atoms with E-state index in [1.54, 1.807) is 30.3 Å². The van der Waals surface area contributed by atoms with Gasteiger partial charge in [0.1, 0.15) is 0 Å². The van der Waals surface area contributed by atoms with Crippen LogP contribution in [0.25, 0.3) is 0 Å². The van der Waals surface area contributed by atoms with Crippen LogP contribution in [0.15, 0.2) is 83.8 Å². The fraction of sp³-hybridized carbons (Fsp3) is 0.231. The number of sulfonamides is 1. The van der Waals surface area contributed by atoms with Crippen LogP contribution in [0.4, 0.5) is 5.69 Å². The van der Waals surface area contributed by atoms with Crippen LogP contribution in [0.5, 0.6) is 0 Å². The number of anilines is 1. The number of hydrogen-bond acceptors (Lipinski definition) is 4. The van der Waals surface area contributed by atoms with Crippen molar-refractivity contribution in [1.82, 2.24) is 4.90 Å². The summed E-state index contributed by atoms with van der Waals surface area (Å²) in [7, 11) is -3.73. The Kier molecular flexibility index (Phi) is 6.91. The number of para-hydroxylation sites is 1. The molecular weight excluding hydrogens is 420 g/mol. The fourth-order valence-corrected chi connectivity index (χ4v) is 4.71. The molecule has 0 unspecified atom stereocenters. The van der Waals surface area contributed by atoms with Crippen LogP contribution in [-0.2, 0) is 14.8 Å². The standard InChI is InChI=1S/C26H26N2O3S/c1-21-11-14-23(15-12-21)32(29,30)27-25-10-6-5-9-24(25)26(28-17-19-31-20-18-28)16-13-22-7-3-2-4-8-22/h2-12,14-15,26-27H,17-20H2,1H3/t26-/m1/s1. The number of rotatable bonds is 5. The van der Waals surface area contributed by atoms with Gasteiger partial charge in [0.2, 0.25) is 0 Å². The summed E-state index contributed by atoms with van der Waals surface area (Å²) >= 11 is 0. The predicted molar refractivity (Wildman–Crippen MR) is 127 cm³/mol. The van der Waals surface area contributed by atoms with Crippen molar-refractivity contribution in [1.29, 1.82) is 0 Å². The molecular formula is C26H26N2O3S. The van der Waals surface area contributed by atoms with Gasteiger partial charge in [-0.25, -0.2) is 8.42 Å². The van der Waals surface area contributed by atoms with E-state index in [1.807, 2.05) is 55.5 Å². The van der Waals surface area contributed by atoms with Crippen molar-refractivity contribution >= 4 is 15.7 Å². The first-order chi connectivity index (χ1) is 15.5. The molecule has 3 aromatic rings. The van der Waals surface area contributed by atoms with Crippen LogP contribution in [-0.4, -0.2) is 39.6 Å². The second-order valence-corrected chi connectivity index (χ2v) is 9.37. The molecule has 1 atom stereocenters. The quantitative estimate of drug-likeness (QED) is 0.596. The van der Waals surface area contributed by atoms with Crippen LogP contribution in [0.1, 0.15) is 22.7 Å². The highest BCUT2D eigenvalue weighted by Crippen LogP contribution is 2.30. The van der Waals surface area contributed by atoms with Crippen molar-refractivity contribution in [2.24, 2.45) is 0 Å². The van der Waals surface area contributed by atoms with E-state index >= 15 is 0 Å². The molecule has 1 fully saturated rings. The largest absolute Gasteiger partial charge is 0.379 e. The first kappa shape index (κ1) is 22.1. The molecule has 6 heteroatoms. The van der Waals surface area contributed by atoms with Crippen molar-refractivity contribution in [3.63, 3.8) is 0 Å². The number of aryl methyl sites for hydroxylation is 1. The van der Waals surface area contributed by atoms with Gasteiger partial charge < -0.3 is 4.74 Å². The van der Waals surface area contributed by atoms with E-state index < -0.39 is 10.0 Å². The third-order valence-electron chi connectivity index (χ3n) is 5.37. The average molecular weight is 447 g/mol. The van der Waals surface area contributed by atoms with Crippen LogP contribution >= 0.6 is 0 Å². The van der Waals surface area contributed by atoms with Gasteiger partial charge in [0.05, 0.1) is 29.8 Å². The van der Waals surface area contributed by atoms with Crippen LogP contribution < -0.4 is 4.72 Å². The molecule has 5 nitrogen and oxygen atoms in total. The molecule has 0 radical (unpaired) electrons. The van der Waals surface area contributed by atoms with Gasteiger partial charge in [-0.3, -0.25) is 9.62 Å². The normalized spacial score (nSPS) is 15.4. The van der Waals surface area contributed by atoms with E-state index in [0.717, 1.165) is 29.8 Å². The van der Waals surface area contributed by atoms with E-state index in [0.29, 0.717) is 18.9 Å². The molecule has 0 amide bonds. The molecule has 32 heavy (non-hydrogen) atoms. The second-order valence-electron chi connectivity index (χ2n) is 7.69. The molecule has 0 aliphatic carbocycles. The Hall–Kier alpha value is -3.11. The molecule has 4 rings (SSSR count). The smallest absolute Gasteiger partial charge is 0.261 e. The minimum absolute atomic E-state index is 0.233. The Morgan fingerprint density at radius 2 is 1.56 bits per heavy atom. The van der Waals surface area contributed by atoms with Crippen molar-refractivity contribution in [3.8, 4) is 11.8 Å². The third kappa shape index (κ3) is 5.38. The Bertz CT molecular complexity index is 1210. The van der Waals surface area contributed by atoms with Crippen molar-refractivity contribution < 1.29 is 13.2 Å². The molecule has 3 aromatic carbocycles. The summed E-state index contributed by atoms with van der Waals surface area (Å²) in [6.45, 7) is 4.64. The highest BCUT2D eigenvalue weighted by Gasteiger charge is 2.25. The van der Waals surface area contributed by atoms with Gasteiger partial charge in [0.15, 0.2) is 0 Å². The lowest BCUT2D eigenvalue weighted by molar-refractivity contribution is 0.0271. The maximum Gasteiger partial charge on any atom is 0.261 e. The number of nitrogens with one attached hydrogen (secondary N) is 1. The van der Waals surface area contributed by atoms with Gasteiger partial charge in [-0.05, 0) is 37.3 Å². The summed E-state index contributed by atoms with van der Waals surface area (Å²) in [5, 5.41) is 0. The molecule has 164 valence electrons. The third-order valence-corrected chi connectivity index (χ3v) is 6.75. The SMILES string of the molecule is Cc1ccc(S(=O)(=O)Nc2ccccc2[C@@H](C#Cc2ccccc2)N2CCOCC2)cc1. The van der Waals surface area contributed by atoms with E-state index in [2.05, 4.69) is 21.5 Å². The fourth-order valence-electron chi connectivity index (χ4n) is 3.62. The van der Waals surface area contributed by atoms with Gasteiger partial charge in [0, 0.05) is 24.2 Å². The van der Waals surface area contributed by atoms with E-state index in [4.69, 9.17) is 4.74 Å². The van der Waals surface area contributed by atoms with Gasteiger partial charge in [-0.1, -0.05) is 65.9 Å². The highest BCUT2D eigenvalue weighted by molar-refractivity contribution is 7.92. The molecule has 0 bridgehead atoms. The van der Waals surface area contributed by atoms with Gasteiger partial charge in [-0.15, -0.1) is 0 Å². The molecule has 1 aliphatic heterocycles. The lowest BCUT2D eigenvalue weighted by Gasteiger charge is -2.32.